The standard InChI is InChI=1S/C18H29N3O2/c1-18(2,3)23-17(22)21-14-12-20(13-15-21)11-5-4-6-16-7-9-19-10-8-16/h7-10H,4-6,11-15H2,1-3H3. The van der Waals surface area contributed by atoms with E-state index in [9.17, 15) is 4.79 Å². The van der Waals surface area contributed by atoms with E-state index in [0.717, 1.165) is 39.1 Å². The van der Waals surface area contributed by atoms with Crippen LogP contribution in [0.1, 0.15) is 39.2 Å². The Bertz CT molecular complexity index is 477. The molecule has 5 nitrogen and oxygen atoms in total. The van der Waals surface area contributed by atoms with E-state index < -0.39 is 5.60 Å². The highest BCUT2D eigenvalue weighted by Gasteiger charge is 2.25. The summed E-state index contributed by atoms with van der Waals surface area (Å²) in [6.45, 7) is 10.2. The fourth-order valence-electron chi connectivity index (χ4n) is 2.69. The Morgan fingerprint density at radius 2 is 1.78 bits per heavy atom. The van der Waals surface area contributed by atoms with Gasteiger partial charge >= 0.3 is 6.09 Å². The second-order valence-corrected chi connectivity index (χ2v) is 7.12. The maximum absolute atomic E-state index is 12.0. The molecular weight excluding hydrogens is 290 g/mol. The SMILES string of the molecule is CC(C)(C)OC(=O)N1CCN(CCCCc2ccncc2)CC1. The van der Waals surface area contributed by atoms with Crippen LogP contribution in [0.4, 0.5) is 4.79 Å². The summed E-state index contributed by atoms with van der Waals surface area (Å²) in [6.07, 6.45) is 7.01. The van der Waals surface area contributed by atoms with Crippen molar-refractivity contribution >= 4 is 6.09 Å². The maximum Gasteiger partial charge on any atom is 0.410 e. The van der Waals surface area contributed by atoms with Crippen LogP contribution < -0.4 is 0 Å². The number of pyridine rings is 1. The van der Waals surface area contributed by atoms with Gasteiger partial charge < -0.3 is 9.64 Å². The molecule has 1 amide bonds. The van der Waals surface area contributed by atoms with Crippen LogP contribution in [0.5, 0.6) is 0 Å². The van der Waals surface area contributed by atoms with Gasteiger partial charge in [-0.05, 0) is 64.3 Å². The molecule has 0 aliphatic carbocycles. The minimum absolute atomic E-state index is 0.185. The first-order valence-corrected chi connectivity index (χ1v) is 8.53. The number of carbonyl (C=O) groups excluding carboxylic acids is 1. The normalized spacial score (nSPS) is 16.4. The van der Waals surface area contributed by atoms with Gasteiger partial charge in [0.1, 0.15) is 5.60 Å². The number of aromatic nitrogens is 1. The van der Waals surface area contributed by atoms with Crippen LogP contribution in [0.3, 0.4) is 0 Å². The van der Waals surface area contributed by atoms with Crippen molar-refractivity contribution < 1.29 is 9.53 Å². The van der Waals surface area contributed by atoms with Crippen molar-refractivity contribution in [3.8, 4) is 0 Å². The van der Waals surface area contributed by atoms with Crippen molar-refractivity contribution in [3.63, 3.8) is 0 Å². The molecule has 128 valence electrons. The number of aryl methyl sites for hydroxylation is 1. The van der Waals surface area contributed by atoms with Crippen molar-refractivity contribution in [1.29, 1.82) is 0 Å². The van der Waals surface area contributed by atoms with E-state index >= 15 is 0 Å². The largest absolute Gasteiger partial charge is 0.444 e. The number of hydrogen-bond acceptors (Lipinski definition) is 4. The second-order valence-electron chi connectivity index (χ2n) is 7.12. The third-order valence-electron chi connectivity index (χ3n) is 3.96. The van der Waals surface area contributed by atoms with Gasteiger partial charge in [0.15, 0.2) is 0 Å². The van der Waals surface area contributed by atoms with Gasteiger partial charge in [-0.2, -0.15) is 0 Å². The van der Waals surface area contributed by atoms with Crippen LogP contribution in [0.15, 0.2) is 24.5 Å². The Labute approximate surface area is 139 Å². The number of piperazine rings is 1. The van der Waals surface area contributed by atoms with Gasteiger partial charge in [-0.1, -0.05) is 0 Å². The van der Waals surface area contributed by atoms with Gasteiger partial charge in [-0.3, -0.25) is 9.88 Å². The van der Waals surface area contributed by atoms with Gasteiger partial charge in [-0.15, -0.1) is 0 Å². The van der Waals surface area contributed by atoms with E-state index in [0.29, 0.717) is 0 Å². The van der Waals surface area contributed by atoms with Crippen LogP contribution in [0.25, 0.3) is 0 Å². The van der Waals surface area contributed by atoms with Gasteiger partial charge in [0.25, 0.3) is 0 Å². The molecule has 1 aliphatic rings. The fourth-order valence-corrected chi connectivity index (χ4v) is 2.69. The summed E-state index contributed by atoms with van der Waals surface area (Å²) >= 11 is 0. The Morgan fingerprint density at radius 1 is 1.13 bits per heavy atom. The molecule has 2 heterocycles. The summed E-state index contributed by atoms with van der Waals surface area (Å²) in [5.41, 5.74) is 0.941. The Kier molecular flexibility index (Phi) is 6.39. The minimum atomic E-state index is -0.416. The predicted molar refractivity (Wildman–Crippen MR) is 91.4 cm³/mol. The van der Waals surface area contributed by atoms with Crippen molar-refractivity contribution in [1.82, 2.24) is 14.8 Å². The molecule has 1 aromatic rings. The molecule has 0 atom stereocenters. The van der Waals surface area contributed by atoms with Crippen molar-refractivity contribution in [2.45, 2.75) is 45.6 Å². The van der Waals surface area contributed by atoms with E-state index in [1.807, 2.05) is 38.1 Å². The highest BCUT2D eigenvalue weighted by molar-refractivity contribution is 5.68. The zero-order chi connectivity index (χ0) is 16.7. The molecule has 2 rings (SSSR count). The smallest absolute Gasteiger partial charge is 0.410 e. The average Bonchev–Trinajstić information content (AvgIpc) is 2.51. The van der Waals surface area contributed by atoms with Gasteiger partial charge in [0.2, 0.25) is 0 Å². The number of hydrogen-bond donors (Lipinski definition) is 0. The lowest BCUT2D eigenvalue weighted by Gasteiger charge is -2.35. The fraction of sp³-hybridized carbons (Fsp3) is 0.667. The van der Waals surface area contributed by atoms with E-state index in [4.69, 9.17) is 4.74 Å². The van der Waals surface area contributed by atoms with Gasteiger partial charge in [0, 0.05) is 38.6 Å². The lowest BCUT2D eigenvalue weighted by molar-refractivity contribution is 0.0144. The molecule has 1 aliphatic heterocycles. The molecule has 0 bridgehead atoms. The first-order valence-electron chi connectivity index (χ1n) is 8.53. The summed E-state index contributed by atoms with van der Waals surface area (Å²) in [7, 11) is 0. The summed E-state index contributed by atoms with van der Waals surface area (Å²) in [6, 6.07) is 4.17. The molecule has 23 heavy (non-hydrogen) atoms. The van der Waals surface area contributed by atoms with Crippen LogP contribution in [0, 0.1) is 0 Å². The molecule has 1 saturated heterocycles. The van der Waals surface area contributed by atoms with Crippen LogP contribution in [-0.2, 0) is 11.2 Å². The van der Waals surface area contributed by atoms with Gasteiger partial charge in [-0.25, -0.2) is 4.79 Å². The second kappa shape index (κ2) is 8.29. The number of amides is 1. The van der Waals surface area contributed by atoms with E-state index in [-0.39, 0.29) is 6.09 Å². The molecule has 0 aromatic carbocycles. The first-order chi connectivity index (χ1) is 10.9. The van der Waals surface area contributed by atoms with Crippen molar-refractivity contribution in [2.24, 2.45) is 0 Å². The van der Waals surface area contributed by atoms with Crippen molar-refractivity contribution in [2.75, 3.05) is 32.7 Å². The molecule has 0 radical (unpaired) electrons. The zero-order valence-electron chi connectivity index (χ0n) is 14.6. The predicted octanol–water partition coefficient (Wildman–Crippen LogP) is 2.96. The average molecular weight is 319 g/mol. The first kappa shape index (κ1) is 17.7. The number of carbonyl (C=O) groups is 1. The number of nitrogens with zero attached hydrogens (tertiary/aromatic N) is 3. The highest BCUT2D eigenvalue weighted by atomic mass is 16.6. The number of rotatable bonds is 5. The van der Waals surface area contributed by atoms with Gasteiger partial charge in [0.05, 0.1) is 0 Å². The monoisotopic (exact) mass is 319 g/mol. The molecule has 1 fully saturated rings. The highest BCUT2D eigenvalue weighted by Crippen LogP contribution is 2.12. The van der Waals surface area contributed by atoms with E-state index in [2.05, 4.69) is 22.0 Å². The van der Waals surface area contributed by atoms with E-state index in [1.54, 1.807) is 0 Å². The lowest BCUT2D eigenvalue weighted by atomic mass is 10.1. The maximum atomic E-state index is 12.0. The summed E-state index contributed by atoms with van der Waals surface area (Å²) in [4.78, 5) is 20.3. The molecule has 0 unspecified atom stereocenters. The lowest BCUT2D eigenvalue weighted by Crippen LogP contribution is -2.50. The number of unbranched alkanes of at least 4 members (excludes halogenated alkanes) is 1. The zero-order valence-corrected chi connectivity index (χ0v) is 14.6. The Balaban J connectivity index is 1.60. The Hall–Kier alpha value is -1.62. The molecule has 1 aromatic heterocycles. The molecular formula is C18H29N3O2. The molecule has 5 heteroatoms. The molecule has 0 saturated carbocycles. The van der Waals surface area contributed by atoms with Crippen molar-refractivity contribution in [3.05, 3.63) is 30.1 Å². The quantitative estimate of drug-likeness (QED) is 0.783. The summed E-state index contributed by atoms with van der Waals surface area (Å²) in [5.74, 6) is 0. The third-order valence-corrected chi connectivity index (χ3v) is 3.96. The minimum Gasteiger partial charge on any atom is -0.444 e. The third kappa shape index (κ3) is 6.57. The molecule has 0 N–H and O–H groups in total. The summed E-state index contributed by atoms with van der Waals surface area (Å²) < 4.78 is 5.42. The summed E-state index contributed by atoms with van der Waals surface area (Å²) in [5, 5.41) is 0. The molecule has 0 spiro atoms. The van der Waals surface area contributed by atoms with Crippen LogP contribution >= 0.6 is 0 Å². The number of ether oxygens (including phenoxy) is 1. The van der Waals surface area contributed by atoms with Crippen LogP contribution in [-0.4, -0.2) is 59.2 Å². The Morgan fingerprint density at radius 3 is 2.39 bits per heavy atom. The van der Waals surface area contributed by atoms with E-state index in [1.165, 1.54) is 18.4 Å². The van der Waals surface area contributed by atoms with Crippen LogP contribution in [0.2, 0.25) is 0 Å². The topological polar surface area (TPSA) is 45.7 Å².